The van der Waals surface area contributed by atoms with Crippen molar-refractivity contribution in [2.24, 2.45) is 0 Å². The number of nitrogens with zero attached hydrogens (tertiary/aromatic N) is 4. The SMILES string of the molecule is C[C@H]1CCN(C(=O)Cn2nnc3ccccc3c2=O)c2ccccc2S1. The van der Waals surface area contributed by atoms with E-state index in [4.69, 9.17) is 0 Å². The van der Waals surface area contributed by atoms with Gasteiger partial charge in [-0.1, -0.05) is 36.4 Å². The van der Waals surface area contributed by atoms with E-state index in [1.54, 1.807) is 40.9 Å². The van der Waals surface area contributed by atoms with Crippen molar-refractivity contribution in [3.8, 4) is 0 Å². The fourth-order valence-electron chi connectivity index (χ4n) is 3.09. The van der Waals surface area contributed by atoms with Crippen LogP contribution in [0.2, 0.25) is 0 Å². The Morgan fingerprint density at radius 2 is 1.96 bits per heavy atom. The summed E-state index contributed by atoms with van der Waals surface area (Å²) in [4.78, 5) is 28.4. The molecule has 1 aliphatic heterocycles. The monoisotopic (exact) mass is 366 g/mol. The van der Waals surface area contributed by atoms with E-state index in [1.165, 1.54) is 0 Å². The van der Waals surface area contributed by atoms with Crippen LogP contribution in [0.15, 0.2) is 58.2 Å². The third-order valence-electron chi connectivity index (χ3n) is 4.46. The molecule has 0 spiro atoms. The van der Waals surface area contributed by atoms with E-state index in [9.17, 15) is 9.59 Å². The standard InChI is InChI=1S/C19H18N4O2S/c1-13-10-11-22(16-8-4-5-9-17(16)26-13)18(24)12-23-19(25)14-6-2-3-7-15(14)20-21-23/h2-9,13H,10-12H2,1H3/t13-/m0/s1. The molecule has 0 saturated heterocycles. The van der Waals surface area contributed by atoms with Crippen molar-refractivity contribution in [3.05, 3.63) is 58.9 Å². The molecule has 1 atom stereocenters. The van der Waals surface area contributed by atoms with Crippen molar-refractivity contribution < 1.29 is 4.79 Å². The molecule has 3 aromatic rings. The molecule has 1 amide bonds. The first-order valence-electron chi connectivity index (χ1n) is 8.52. The fourth-order valence-corrected chi connectivity index (χ4v) is 4.20. The van der Waals surface area contributed by atoms with E-state index in [2.05, 4.69) is 17.2 Å². The zero-order chi connectivity index (χ0) is 18.1. The lowest BCUT2D eigenvalue weighted by Crippen LogP contribution is -2.38. The predicted molar refractivity (Wildman–Crippen MR) is 103 cm³/mol. The summed E-state index contributed by atoms with van der Waals surface area (Å²) in [6.45, 7) is 2.67. The summed E-state index contributed by atoms with van der Waals surface area (Å²) in [6.07, 6.45) is 0.892. The molecule has 6 nitrogen and oxygen atoms in total. The second-order valence-electron chi connectivity index (χ2n) is 6.30. The van der Waals surface area contributed by atoms with Crippen LogP contribution in [-0.4, -0.2) is 32.7 Å². The third kappa shape index (κ3) is 3.10. The molecule has 7 heteroatoms. The lowest BCUT2D eigenvalue weighted by atomic mass is 10.2. The highest BCUT2D eigenvalue weighted by atomic mass is 32.2. The lowest BCUT2D eigenvalue weighted by Gasteiger charge is -2.22. The number of aromatic nitrogens is 3. The summed E-state index contributed by atoms with van der Waals surface area (Å²) in [5.74, 6) is -0.154. The molecule has 132 valence electrons. The van der Waals surface area contributed by atoms with Crippen LogP contribution in [0.1, 0.15) is 13.3 Å². The molecule has 4 rings (SSSR count). The highest BCUT2D eigenvalue weighted by molar-refractivity contribution is 8.00. The number of hydrogen-bond donors (Lipinski definition) is 0. The quantitative estimate of drug-likeness (QED) is 0.698. The number of amides is 1. The zero-order valence-electron chi connectivity index (χ0n) is 14.3. The molecular weight excluding hydrogens is 348 g/mol. The Kier molecular flexibility index (Phi) is 4.46. The Hall–Kier alpha value is -2.67. The smallest absolute Gasteiger partial charge is 0.278 e. The molecule has 2 aromatic carbocycles. The summed E-state index contributed by atoms with van der Waals surface area (Å²) in [7, 11) is 0. The van der Waals surface area contributed by atoms with E-state index in [0.29, 0.717) is 22.7 Å². The second-order valence-corrected chi connectivity index (χ2v) is 7.78. The zero-order valence-corrected chi connectivity index (χ0v) is 15.1. The Morgan fingerprint density at radius 3 is 2.85 bits per heavy atom. The first-order chi connectivity index (χ1) is 12.6. The van der Waals surface area contributed by atoms with Gasteiger partial charge in [-0.05, 0) is 30.7 Å². The summed E-state index contributed by atoms with van der Waals surface area (Å²) < 4.78 is 1.15. The van der Waals surface area contributed by atoms with Crippen molar-refractivity contribution >= 4 is 34.3 Å². The molecule has 1 aromatic heterocycles. The number of carbonyl (C=O) groups is 1. The van der Waals surface area contributed by atoms with Crippen LogP contribution in [0.3, 0.4) is 0 Å². The number of hydrogen-bond acceptors (Lipinski definition) is 5. The highest BCUT2D eigenvalue weighted by Gasteiger charge is 2.24. The van der Waals surface area contributed by atoms with Crippen molar-refractivity contribution in [2.75, 3.05) is 11.4 Å². The van der Waals surface area contributed by atoms with Gasteiger partial charge in [0.2, 0.25) is 5.91 Å². The molecule has 1 aliphatic rings. The maximum Gasteiger partial charge on any atom is 0.278 e. The van der Waals surface area contributed by atoms with Gasteiger partial charge in [-0.15, -0.1) is 16.9 Å². The second kappa shape index (κ2) is 6.92. The van der Waals surface area contributed by atoms with Gasteiger partial charge in [0.05, 0.1) is 11.1 Å². The summed E-state index contributed by atoms with van der Waals surface area (Å²) in [6, 6.07) is 14.9. The third-order valence-corrected chi connectivity index (χ3v) is 5.70. The first-order valence-corrected chi connectivity index (χ1v) is 9.40. The van der Waals surface area contributed by atoms with E-state index in [0.717, 1.165) is 21.7 Å². The van der Waals surface area contributed by atoms with Gasteiger partial charge < -0.3 is 4.90 Å². The first kappa shape index (κ1) is 16.8. The molecule has 0 aliphatic carbocycles. The predicted octanol–water partition coefficient (Wildman–Crippen LogP) is 2.71. The van der Waals surface area contributed by atoms with Crippen molar-refractivity contribution in [1.29, 1.82) is 0 Å². The molecule has 0 unspecified atom stereocenters. The molecule has 0 radical (unpaired) electrons. The Morgan fingerprint density at radius 1 is 1.19 bits per heavy atom. The molecule has 0 bridgehead atoms. The van der Waals surface area contributed by atoms with Crippen molar-refractivity contribution in [2.45, 2.75) is 30.0 Å². The highest BCUT2D eigenvalue weighted by Crippen LogP contribution is 2.37. The largest absolute Gasteiger partial charge is 0.310 e. The Balaban J connectivity index is 1.67. The minimum absolute atomic E-state index is 0.121. The van der Waals surface area contributed by atoms with Gasteiger partial charge in [0.25, 0.3) is 5.56 Å². The minimum atomic E-state index is -0.296. The van der Waals surface area contributed by atoms with Crippen molar-refractivity contribution in [3.63, 3.8) is 0 Å². The molecule has 0 saturated carbocycles. The van der Waals surface area contributed by atoms with E-state index in [-0.39, 0.29) is 18.0 Å². The number of anilines is 1. The van der Waals surface area contributed by atoms with Crippen LogP contribution in [0.4, 0.5) is 5.69 Å². The molecule has 0 N–H and O–H groups in total. The average Bonchev–Trinajstić information content (AvgIpc) is 2.82. The molecule has 2 heterocycles. The van der Waals surface area contributed by atoms with E-state index >= 15 is 0 Å². The summed E-state index contributed by atoms with van der Waals surface area (Å²) in [5.41, 5.74) is 1.13. The number of carbonyl (C=O) groups excluding carboxylic acids is 1. The Bertz CT molecular complexity index is 1030. The average molecular weight is 366 g/mol. The van der Waals surface area contributed by atoms with Crippen molar-refractivity contribution in [1.82, 2.24) is 15.0 Å². The minimum Gasteiger partial charge on any atom is -0.310 e. The number of benzene rings is 2. The van der Waals surface area contributed by atoms with Gasteiger partial charge in [-0.25, -0.2) is 4.68 Å². The van der Waals surface area contributed by atoms with Crippen LogP contribution in [0, 0.1) is 0 Å². The van der Waals surface area contributed by atoms with Gasteiger partial charge in [0.1, 0.15) is 12.1 Å². The van der Waals surface area contributed by atoms with Crippen LogP contribution in [0.25, 0.3) is 10.9 Å². The topological polar surface area (TPSA) is 68.1 Å². The lowest BCUT2D eigenvalue weighted by molar-refractivity contribution is -0.119. The molecular formula is C19H18N4O2S. The van der Waals surface area contributed by atoms with Gasteiger partial charge in [0.15, 0.2) is 0 Å². The number of para-hydroxylation sites is 1. The Labute approximate surface area is 154 Å². The van der Waals surface area contributed by atoms with Gasteiger partial charge in [-0.2, -0.15) is 0 Å². The van der Waals surface area contributed by atoms with E-state index in [1.807, 2.05) is 24.3 Å². The number of thioether (sulfide) groups is 1. The van der Waals surface area contributed by atoms with Crippen LogP contribution < -0.4 is 10.5 Å². The van der Waals surface area contributed by atoms with Crippen LogP contribution >= 0.6 is 11.8 Å². The van der Waals surface area contributed by atoms with Gasteiger partial charge in [0, 0.05) is 16.7 Å². The summed E-state index contributed by atoms with van der Waals surface area (Å²) >= 11 is 1.77. The molecule has 26 heavy (non-hydrogen) atoms. The van der Waals surface area contributed by atoms with E-state index < -0.39 is 0 Å². The van der Waals surface area contributed by atoms with Gasteiger partial charge in [-0.3, -0.25) is 9.59 Å². The normalized spacial score (nSPS) is 17.0. The maximum atomic E-state index is 13.0. The van der Waals surface area contributed by atoms with Crippen LogP contribution in [-0.2, 0) is 11.3 Å². The number of fused-ring (bicyclic) bond motifs is 2. The molecule has 0 fully saturated rings. The summed E-state index contributed by atoms with van der Waals surface area (Å²) in [5, 5.41) is 8.89. The fraction of sp³-hybridized carbons (Fsp3) is 0.263. The van der Waals surface area contributed by atoms with Crippen LogP contribution in [0.5, 0.6) is 0 Å². The van der Waals surface area contributed by atoms with Gasteiger partial charge >= 0.3 is 0 Å². The number of rotatable bonds is 2. The maximum absolute atomic E-state index is 13.0.